The van der Waals surface area contributed by atoms with E-state index < -0.39 is 38.9 Å². The van der Waals surface area contributed by atoms with Gasteiger partial charge < -0.3 is 5.32 Å². The van der Waals surface area contributed by atoms with Crippen molar-refractivity contribution in [3.63, 3.8) is 0 Å². The normalized spacial score (nSPS) is 12.2. The Morgan fingerprint density at radius 1 is 1.29 bits per heavy atom. The fraction of sp³-hybridized carbons (Fsp3) is 0.417. The summed E-state index contributed by atoms with van der Waals surface area (Å²) in [7, 11) is -3.33. The molecule has 0 radical (unpaired) electrons. The monoisotopic (exact) mass is 327 g/mol. The first kappa shape index (κ1) is 17.4. The first-order valence-electron chi connectivity index (χ1n) is 5.92. The van der Waals surface area contributed by atoms with Crippen molar-refractivity contribution in [3.8, 4) is 0 Å². The van der Waals surface area contributed by atoms with E-state index in [1.165, 1.54) is 6.92 Å². The van der Waals surface area contributed by atoms with E-state index in [-0.39, 0.29) is 18.1 Å². The van der Waals surface area contributed by atoms with Gasteiger partial charge in [0.2, 0.25) is 0 Å². The maximum Gasteiger partial charge on any atom is 0.416 e. The minimum Gasteiger partial charge on any atom is -0.351 e. The van der Waals surface area contributed by atoms with E-state index in [2.05, 4.69) is 5.32 Å². The van der Waals surface area contributed by atoms with Crippen LogP contribution in [0.25, 0.3) is 0 Å². The van der Waals surface area contributed by atoms with Gasteiger partial charge in [0.25, 0.3) is 5.91 Å². The number of sulfone groups is 1. The molecule has 9 heteroatoms. The van der Waals surface area contributed by atoms with Gasteiger partial charge in [-0.15, -0.1) is 0 Å². The van der Waals surface area contributed by atoms with Gasteiger partial charge in [-0.1, -0.05) is 6.92 Å². The molecule has 0 atom stereocenters. The average Bonchev–Trinajstić information content (AvgIpc) is 2.37. The molecule has 0 bridgehead atoms. The number of amides is 1. The Morgan fingerprint density at radius 2 is 1.90 bits per heavy atom. The van der Waals surface area contributed by atoms with Crippen molar-refractivity contribution in [2.24, 2.45) is 0 Å². The first-order valence-corrected chi connectivity index (χ1v) is 7.74. The van der Waals surface area contributed by atoms with Gasteiger partial charge in [0.15, 0.2) is 9.84 Å². The molecule has 0 saturated heterocycles. The highest BCUT2D eigenvalue weighted by Crippen LogP contribution is 2.30. The number of halogens is 4. The highest BCUT2D eigenvalue weighted by molar-refractivity contribution is 7.91. The molecule has 118 valence electrons. The summed E-state index contributed by atoms with van der Waals surface area (Å²) in [6.07, 6.45) is -4.70. The molecule has 1 aromatic carbocycles. The standard InChI is InChI=1S/C12H13F4NO3S/c1-2-21(19,20)6-5-17-11(18)9-7-8(12(14,15)16)3-4-10(9)13/h3-4,7H,2,5-6H2,1H3,(H,17,18). The van der Waals surface area contributed by atoms with Crippen molar-refractivity contribution in [2.45, 2.75) is 13.1 Å². The lowest BCUT2D eigenvalue weighted by Gasteiger charge is -2.10. The van der Waals surface area contributed by atoms with E-state index in [9.17, 15) is 30.8 Å². The van der Waals surface area contributed by atoms with Gasteiger partial charge in [0.1, 0.15) is 5.82 Å². The summed E-state index contributed by atoms with van der Waals surface area (Å²) in [5.41, 5.74) is -1.94. The molecular weight excluding hydrogens is 314 g/mol. The van der Waals surface area contributed by atoms with Gasteiger partial charge in [-0.2, -0.15) is 13.2 Å². The molecule has 0 saturated carbocycles. The van der Waals surface area contributed by atoms with Crippen LogP contribution >= 0.6 is 0 Å². The fourth-order valence-corrected chi connectivity index (χ4v) is 2.14. The summed E-state index contributed by atoms with van der Waals surface area (Å²) < 4.78 is 73.2. The number of carbonyl (C=O) groups excluding carboxylic acids is 1. The number of carbonyl (C=O) groups is 1. The Bertz CT molecular complexity index is 626. The van der Waals surface area contributed by atoms with Crippen LogP contribution in [0.4, 0.5) is 17.6 Å². The van der Waals surface area contributed by atoms with E-state index in [1.807, 2.05) is 0 Å². The third-order valence-electron chi connectivity index (χ3n) is 2.68. The lowest BCUT2D eigenvalue weighted by atomic mass is 10.1. The molecule has 1 amide bonds. The zero-order valence-corrected chi connectivity index (χ0v) is 11.8. The Labute approximate surface area is 119 Å². The Kier molecular flexibility index (Phi) is 5.32. The Balaban J connectivity index is 2.83. The molecular formula is C12H13F4NO3S. The maximum absolute atomic E-state index is 13.4. The molecule has 21 heavy (non-hydrogen) atoms. The van der Waals surface area contributed by atoms with Crippen molar-refractivity contribution in [1.82, 2.24) is 5.32 Å². The summed E-state index contributed by atoms with van der Waals surface area (Å²) >= 11 is 0. The average molecular weight is 327 g/mol. The third-order valence-corrected chi connectivity index (χ3v) is 4.38. The molecule has 4 nitrogen and oxygen atoms in total. The van der Waals surface area contributed by atoms with E-state index >= 15 is 0 Å². The van der Waals surface area contributed by atoms with Crippen LogP contribution in [0.15, 0.2) is 18.2 Å². The topological polar surface area (TPSA) is 63.2 Å². The highest BCUT2D eigenvalue weighted by atomic mass is 32.2. The number of nitrogens with one attached hydrogen (secondary N) is 1. The molecule has 0 unspecified atom stereocenters. The molecule has 0 aliphatic rings. The van der Waals surface area contributed by atoms with Crippen LogP contribution in [-0.4, -0.2) is 32.4 Å². The second-order valence-electron chi connectivity index (χ2n) is 4.18. The molecule has 0 fully saturated rings. The molecule has 0 spiro atoms. The summed E-state index contributed by atoms with van der Waals surface area (Å²) in [5.74, 6) is -2.69. The number of alkyl halides is 3. The lowest BCUT2D eigenvalue weighted by molar-refractivity contribution is -0.137. The lowest BCUT2D eigenvalue weighted by Crippen LogP contribution is -2.30. The van der Waals surface area contributed by atoms with Crippen LogP contribution in [0.1, 0.15) is 22.8 Å². The maximum atomic E-state index is 13.4. The number of hydrogen-bond acceptors (Lipinski definition) is 3. The summed E-state index contributed by atoms with van der Waals surface area (Å²) in [5, 5.41) is 2.08. The molecule has 0 aliphatic heterocycles. The third kappa shape index (κ3) is 5.00. The van der Waals surface area contributed by atoms with Crippen LogP contribution in [0.2, 0.25) is 0 Å². The van der Waals surface area contributed by atoms with Gasteiger partial charge in [-0.25, -0.2) is 12.8 Å². The van der Waals surface area contributed by atoms with Gasteiger partial charge in [0.05, 0.1) is 16.9 Å². The predicted molar refractivity (Wildman–Crippen MR) is 68.1 cm³/mol. The molecule has 1 N–H and O–H groups in total. The minimum atomic E-state index is -4.70. The van der Waals surface area contributed by atoms with Crippen molar-refractivity contribution < 1.29 is 30.8 Å². The van der Waals surface area contributed by atoms with Crippen LogP contribution in [0.3, 0.4) is 0 Å². The number of benzene rings is 1. The van der Waals surface area contributed by atoms with E-state index in [0.717, 1.165) is 0 Å². The first-order chi connectivity index (χ1) is 9.57. The Hall–Kier alpha value is -1.64. The molecule has 1 aromatic rings. The number of hydrogen-bond donors (Lipinski definition) is 1. The molecule has 0 heterocycles. The second-order valence-corrected chi connectivity index (χ2v) is 6.66. The molecule has 0 aromatic heterocycles. The van der Waals surface area contributed by atoms with Crippen molar-refractivity contribution in [1.29, 1.82) is 0 Å². The SMILES string of the molecule is CCS(=O)(=O)CCNC(=O)c1cc(C(F)(F)F)ccc1F. The second kappa shape index (κ2) is 6.42. The van der Waals surface area contributed by atoms with Gasteiger partial charge in [-0.3, -0.25) is 4.79 Å². The summed E-state index contributed by atoms with van der Waals surface area (Å²) in [4.78, 5) is 11.6. The van der Waals surface area contributed by atoms with Crippen LogP contribution in [-0.2, 0) is 16.0 Å². The quantitative estimate of drug-likeness (QED) is 0.842. The van der Waals surface area contributed by atoms with Crippen LogP contribution in [0.5, 0.6) is 0 Å². The Morgan fingerprint density at radius 3 is 2.43 bits per heavy atom. The van der Waals surface area contributed by atoms with Crippen LogP contribution < -0.4 is 5.32 Å². The van der Waals surface area contributed by atoms with E-state index in [4.69, 9.17) is 0 Å². The zero-order chi connectivity index (χ0) is 16.3. The van der Waals surface area contributed by atoms with Gasteiger partial charge in [0, 0.05) is 12.3 Å². The van der Waals surface area contributed by atoms with E-state index in [1.54, 1.807) is 0 Å². The smallest absolute Gasteiger partial charge is 0.351 e. The molecule has 0 aliphatic carbocycles. The fourth-order valence-electron chi connectivity index (χ4n) is 1.44. The van der Waals surface area contributed by atoms with E-state index in [0.29, 0.717) is 18.2 Å². The van der Waals surface area contributed by atoms with Crippen molar-refractivity contribution in [3.05, 3.63) is 35.1 Å². The largest absolute Gasteiger partial charge is 0.416 e. The summed E-state index contributed by atoms with van der Waals surface area (Å²) in [6.45, 7) is 1.12. The highest BCUT2D eigenvalue weighted by Gasteiger charge is 2.31. The predicted octanol–water partition coefficient (Wildman–Crippen LogP) is 2.01. The van der Waals surface area contributed by atoms with Gasteiger partial charge in [-0.05, 0) is 18.2 Å². The van der Waals surface area contributed by atoms with Gasteiger partial charge >= 0.3 is 6.18 Å². The zero-order valence-electron chi connectivity index (χ0n) is 11.0. The minimum absolute atomic E-state index is 0.124. The van der Waals surface area contributed by atoms with Crippen molar-refractivity contribution in [2.75, 3.05) is 18.1 Å². The van der Waals surface area contributed by atoms with Crippen molar-refractivity contribution >= 4 is 15.7 Å². The summed E-state index contributed by atoms with van der Waals surface area (Å²) in [6, 6.07) is 1.45. The molecule has 1 rings (SSSR count). The van der Waals surface area contributed by atoms with Crippen LogP contribution in [0, 0.1) is 5.82 Å². The number of rotatable bonds is 5.